The first kappa shape index (κ1) is 17.1. The van der Waals surface area contributed by atoms with Gasteiger partial charge in [-0.2, -0.15) is 0 Å². The van der Waals surface area contributed by atoms with E-state index >= 15 is 0 Å². The summed E-state index contributed by atoms with van der Waals surface area (Å²) in [5.41, 5.74) is 1.74. The Kier molecular flexibility index (Phi) is 4.32. The quantitative estimate of drug-likeness (QED) is 0.769. The van der Waals surface area contributed by atoms with Gasteiger partial charge in [0.15, 0.2) is 11.6 Å². The molecule has 6 nitrogen and oxygen atoms in total. The summed E-state index contributed by atoms with van der Waals surface area (Å²) in [6.45, 7) is 1.65. The van der Waals surface area contributed by atoms with Gasteiger partial charge in [0, 0.05) is 11.1 Å². The number of nitrogens with zero attached hydrogens (tertiary/aromatic N) is 1. The van der Waals surface area contributed by atoms with Crippen LogP contribution in [-0.2, 0) is 10.0 Å². The summed E-state index contributed by atoms with van der Waals surface area (Å²) >= 11 is 0. The summed E-state index contributed by atoms with van der Waals surface area (Å²) in [5, 5.41) is 9.06. The van der Waals surface area contributed by atoms with E-state index in [9.17, 15) is 12.8 Å². The van der Waals surface area contributed by atoms with E-state index in [1.807, 2.05) is 0 Å². The lowest BCUT2D eigenvalue weighted by atomic mass is 9.95. The lowest BCUT2D eigenvalue weighted by Crippen LogP contribution is -2.14. The molecule has 0 radical (unpaired) electrons. The molecule has 3 aromatic rings. The average molecular weight is 362 g/mol. The SMILES string of the molecule is COc1ccc(-c2cccc(S(N)(=O)=O)c2-c2cnoc2C)cc1F. The summed E-state index contributed by atoms with van der Waals surface area (Å²) in [6.07, 6.45) is 1.41. The Balaban J connectivity index is 2.35. The lowest BCUT2D eigenvalue weighted by Gasteiger charge is -2.14. The van der Waals surface area contributed by atoms with Crippen molar-refractivity contribution in [1.82, 2.24) is 5.16 Å². The van der Waals surface area contributed by atoms with Crippen molar-refractivity contribution in [2.24, 2.45) is 5.14 Å². The zero-order valence-corrected chi connectivity index (χ0v) is 14.3. The van der Waals surface area contributed by atoms with Gasteiger partial charge in [0.1, 0.15) is 5.76 Å². The van der Waals surface area contributed by atoms with Crippen molar-refractivity contribution < 1.29 is 22.1 Å². The fourth-order valence-electron chi connectivity index (χ4n) is 2.66. The van der Waals surface area contributed by atoms with Crippen molar-refractivity contribution in [3.8, 4) is 28.0 Å². The molecule has 0 aliphatic carbocycles. The van der Waals surface area contributed by atoms with Crippen LogP contribution in [0.1, 0.15) is 5.76 Å². The minimum Gasteiger partial charge on any atom is -0.494 e. The van der Waals surface area contributed by atoms with Crippen LogP contribution in [0.4, 0.5) is 4.39 Å². The number of ether oxygens (including phenoxy) is 1. The molecule has 0 spiro atoms. The third-order valence-corrected chi connectivity index (χ3v) is 4.77. The van der Waals surface area contributed by atoms with Gasteiger partial charge in [-0.25, -0.2) is 17.9 Å². The van der Waals surface area contributed by atoms with Gasteiger partial charge < -0.3 is 9.26 Å². The zero-order chi connectivity index (χ0) is 18.2. The third kappa shape index (κ3) is 3.13. The Morgan fingerprint density at radius 1 is 1.20 bits per heavy atom. The largest absolute Gasteiger partial charge is 0.494 e. The molecule has 0 aliphatic heterocycles. The number of primary sulfonamides is 1. The monoisotopic (exact) mass is 362 g/mol. The van der Waals surface area contributed by atoms with E-state index in [1.54, 1.807) is 25.1 Å². The number of hydrogen-bond donors (Lipinski definition) is 1. The minimum atomic E-state index is -4.02. The molecule has 0 atom stereocenters. The van der Waals surface area contributed by atoms with E-state index in [4.69, 9.17) is 14.4 Å². The van der Waals surface area contributed by atoms with E-state index < -0.39 is 15.8 Å². The first-order chi connectivity index (χ1) is 11.8. The Morgan fingerprint density at radius 2 is 1.96 bits per heavy atom. The van der Waals surface area contributed by atoms with Gasteiger partial charge in [-0.05, 0) is 36.2 Å². The molecular formula is C17H15FN2O4S. The molecule has 2 N–H and O–H groups in total. The zero-order valence-electron chi connectivity index (χ0n) is 13.5. The van der Waals surface area contributed by atoms with Gasteiger partial charge in [0.05, 0.1) is 18.2 Å². The number of nitrogens with two attached hydrogens (primary N) is 1. The Morgan fingerprint density at radius 3 is 2.52 bits per heavy atom. The van der Waals surface area contributed by atoms with Crippen LogP contribution >= 0.6 is 0 Å². The highest BCUT2D eigenvalue weighted by molar-refractivity contribution is 7.89. The molecule has 0 unspecified atom stereocenters. The number of aryl methyl sites for hydroxylation is 1. The Bertz CT molecular complexity index is 1040. The van der Waals surface area contributed by atoms with Gasteiger partial charge in [0.2, 0.25) is 10.0 Å². The van der Waals surface area contributed by atoms with Crippen LogP contribution in [0, 0.1) is 12.7 Å². The van der Waals surface area contributed by atoms with E-state index in [1.165, 1.54) is 31.5 Å². The molecule has 0 saturated heterocycles. The standard InChI is InChI=1S/C17H15FN2O4S/c1-10-13(9-20-24-10)17-12(4-3-5-16(17)25(19,21)22)11-6-7-15(23-2)14(18)8-11/h3-9H,1-2H3,(H2,19,21,22). The maximum Gasteiger partial charge on any atom is 0.238 e. The molecule has 0 amide bonds. The maximum atomic E-state index is 14.1. The third-order valence-electron chi connectivity index (χ3n) is 3.82. The second-order valence-electron chi connectivity index (χ2n) is 5.37. The highest BCUT2D eigenvalue weighted by atomic mass is 32.2. The van der Waals surface area contributed by atoms with E-state index in [-0.39, 0.29) is 10.6 Å². The first-order valence-electron chi connectivity index (χ1n) is 7.24. The van der Waals surface area contributed by atoms with Crippen molar-refractivity contribution in [2.75, 3.05) is 7.11 Å². The van der Waals surface area contributed by atoms with Gasteiger partial charge in [-0.1, -0.05) is 23.4 Å². The highest BCUT2D eigenvalue weighted by Crippen LogP contribution is 2.39. The summed E-state index contributed by atoms with van der Waals surface area (Å²) in [6, 6.07) is 8.99. The molecule has 0 saturated carbocycles. The second kappa shape index (κ2) is 6.30. The second-order valence-corrected chi connectivity index (χ2v) is 6.90. The van der Waals surface area contributed by atoms with Crippen LogP contribution in [-0.4, -0.2) is 20.7 Å². The van der Waals surface area contributed by atoms with Gasteiger partial charge in [-0.3, -0.25) is 0 Å². The van der Waals surface area contributed by atoms with Crippen LogP contribution in [0.3, 0.4) is 0 Å². The average Bonchev–Trinajstić information content (AvgIpc) is 2.99. The van der Waals surface area contributed by atoms with Gasteiger partial charge in [0.25, 0.3) is 0 Å². The fourth-order valence-corrected chi connectivity index (χ4v) is 3.43. The highest BCUT2D eigenvalue weighted by Gasteiger charge is 2.23. The number of methoxy groups -OCH3 is 1. The molecule has 0 aliphatic rings. The number of sulfonamides is 1. The van der Waals surface area contributed by atoms with Crippen LogP contribution < -0.4 is 9.88 Å². The normalized spacial score (nSPS) is 11.5. The topological polar surface area (TPSA) is 95.4 Å². The molecule has 1 heterocycles. The molecule has 8 heteroatoms. The van der Waals surface area contributed by atoms with Crippen LogP contribution in [0.2, 0.25) is 0 Å². The van der Waals surface area contributed by atoms with Crippen molar-refractivity contribution >= 4 is 10.0 Å². The van der Waals surface area contributed by atoms with E-state index in [0.29, 0.717) is 28.0 Å². The summed E-state index contributed by atoms with van der Waals surface area (Å²) < 4.78 is 48.2. The Labute approximate surface area is 144 Å². The smallest absolute Gasteiger partial charge is 0.238 e. The van der Waals surface area contributed by atoms with Crippen molar-refractivity contribution in [3.63, 3.8) is 0 Å². The number of halogens is 1. The fraction of sp³-hybridized carbons (Fsp3) is 0.118. The summed E-state index contributed by atoms with van der Waals surface area (Å²) in [4.78, 5) is -0.0903. The molecule has 3 rings (SSSR count). The van der Waals surface area contributed by atoms with E-state index in [0.717, 1.165) is 0 Å². The Hall–Kier alpha value is -2.71. The molecule has 0 fully saturated rings. The van der Waals surface area contributed by atoms with E-state index in [2.05, 4.69) is 5.16 Å². The van der Waals surface area contributed by atoms with Crippen molar-refractivity contribution in [1.29, 1.82) is 0 Å². The molecule has 0 bridgehead atoms. The number of aromatic nitrogens is 1. The molecule has 25 heavy (non-hydrogen) atoms. The predicted molar refractivity (Wildman–Crippen MR) is 90.0 cm³/mol. The lowest BCUT2D eigenvalue weighted by molar-refractivity contribution is 0.386. The predicted octanol–water partition coefficient (Wildman–Crippen LogP) is 3.11. The first-order valence-corrected chi connectivity index (χ1v) is 8.79. The summed E-state index contributed by atoms with van der Waals surface area (Å²) in [5.74, 6) is -0.0469. The van der Waals surface area contributed by atoms with Crippen molar-refractivity contribution in [3.05, 3.63) is 54.2 Å². The number of benzene rings is 2. The maximum absolute atomic E-state index is 14.1. The molecule has 1 aromatic heterocycles. The van der Waals surface area contributed by atoms with Crippen LogP contribution in [0.25, 0.3) is 22.3 Å². The summed E-state index contributed by atoms with van der Waals surface area (Å²) in [7, 11) is -2.65. The number of rotatable bonds is 4. The van der Waals surface area contributed by atoms with Gasteiger partial charge >= 0.3 is 0 Å². The number of hydrogen-bond acceptors (Lipinski definition) is 5. The minimum absolute atomic E-state index is 0.0903. The van der Waals surface area contributed by atoms with Crippen molar-refractivity contribution in [2.45, 2.75) is 11.8 Å². The molecular weight excluding hydrogens is 347 g/mol. The van der Waals surface area contributed by atoms with Gasteiger partial charge in [-0.15, -0.1) is 0 Å². The molecule has 2 aromatic carbocycles. The van der Waals surface area contributed by atoms with Crippen LogP contribution in [0.5, 0.6) is 5.75 Å². The van der Waals surface area contributed by atoms with Crippen LogP contribution in [0.15, 0.2) is 52.0 Å². The molecule has 130 valence electrons.